The number of rotatable bonds is 5. The van der Waals surface area contributed by atoms with Crippen molar-refractivity contribution in [3.63, 3.8) is 0 Å². The fourth-order valence-corrected chi connectivity index (χ4v) is 2.63. The molecule has 0 aliphatic carbocycles. The molecule has 0 spiro atoms. The van der Waals surface area contributed by atoms with E-state index in [1.807, 2.05) is 49.5 Å². The second-order valence-corrected chi connectivity index (χ2v) is 5.83. The van der Waals surface area contributed by atoms with Gasteiger partial charge in [-0.25, -0.2) is 4.98 Å². The highest BCUT2D eigenvalue weighted by atomic mass is 16.1. The molecule has 0 saturated heterocycles. The average Bonchev–Trinajstić information content (AvgIpc) is 2.61. The smallest absolute Gasteiger partial charge is 0.258 e. The van der Waals surface area contributed by atoms with Gasteiger partial charge in [0.25, 0.3) is 5.56 Å². The number of hydrogen-bond acceptors (Lipinski definition) is 4. The summed E-state index contributed by atoms with van der Waals surface area (Å²) in [5.74, 6) is 0.699. The van der Waals surface area contributed by atoms with Crippen LogP contribution in [0.25, 0.3) is 10.9 Å². The molecule has 0 atom stereocenters. The van der Waals surface area contributed by atoms with Crippen LogP contribution in [-0.4, -0.2) is 28.5 Å². The zero-order valence-electron chi connectivity index (χ0n) is 13.5. The Morgan fingerprint density at radius 1 is 1.17 bits per heavy atom. The van der Waals surface area contributed by atoms with Gasteiger partial charge in [0, 0.05) is 19.5 Å². The van der Waals surface area contributed by atoms with Gasteiger partial charge in [-0.05, 0) is 36.9 Å². The zero-order valence-corrected chi connectivity index (χ0v) is 13.5. The Kier molecular flexibility index (Phi) is 4.69. The topological polar surface area (TPSA) is 72.8 Å². The number of hydrogen-bond donors (Lipinski definition) is 1. The summed E-state index contributed by atoms with van der Waals surface area (Å²) in [6.07, 6.45) is 0.673. The molecule has 0 aliphatic rings. The van der Waals surface area contributed by atoms with E-state index < -0.39 is 0 Å². The highest BCUT2D eigenvalue weighted by Gasteiger charge is 2.06. The third-order valence-electron chi connectivity index (χ3n) is 3.93. The Morgan fingerprint density at radius 3 is 2.67 bits per heavy atom. The number of nitrogens with one attached hydrogen (secondary N) is 1. The maximum atomic E-state index is 12.1. The Labute approximate surface area is 140 Å². The quantitative estimate of drug-likeness (QED) is 0.784. The molecule has 0 bridgehead atoms. The lowest BCUT2D eigenvalue weighted by molar-refractivity contribution is 0.328. The van der Waals surface area contributed by atoms with E-state index in [0.717, 1.165) is 24.2 Å². The minimum atomic E-state index is -0.0923. The monoisotopic (exact) mass is 318 g/mol. The Morgan fingerprint density at radius 2 is 1.92 bits per heavy atom. The number of benzene rings is 2. The summed E-state index contributed by atoms with van der Waals surface area (Å²) in [5.41, 5.74) is 2.45. The molecule has 5 heteroatoms. The number of fused-ring (bicyclic) bond motifs is 1. The number of nitrogens with zero attached hydrogens (tertiary/aromatic N) is 3. The van der Waals surface area contributed by atoms with Gasteiger partial charge in [0.15, 0.2) is 0 Å². The largest absolute Gasteiger partial charge is 0.310 e. The Hall–Kier alpha value is -2.97. The summed E-state index contributed by atoms with van der Waals surface area (Å²) in [6.45, 7) is 1.56. The Balaban J connectivity index is 1.64. The molecule has 0 amide bonds. The third-order valence-corrected chi connectivity index (χ3v) is 3.93. The number of para-hydroxylation sites is 1. The van der Waals surface area contributed by atoms with Crippen molar-refractivity contribution in [3.8, 4) is 6.07 Å². The van der Waals surface area contributed by atoms with Crippen LogP contribution in [0, 0.1) is 11.3 Å². The molecule has 1 N–H and O–H groups in total. The van der Waals surface area contributed by atoms with Crippen molar-refractivity contribution in [3.05, 3.63) is 75.8 Å². The molecule has 1 aromatic heterocycles. The molecule has 2 aromatic carbocycles. The molecule has 0 unspecified atom stereocenters. The first kappa shape index (κ1) is 15.9. The van der Waals surface area contributed by atoms with Crippen LogP contribution in [-0.2, 0) is 13.0 Å². The zero-order chi connectivity index (χ0) is 16.9. The highest BCUT2D eigenvalue weighted by molar-refractivity contribution is 5.77. The number of aromatic amines is 1. The van der Waals surface area contributed by atoms with Crippen LogP contribution in [0.15, 0.2) is 53.3 Å². The van der Waals surface area contributed by atoms with Gasteiger partial charge in [-0.3, -0.25) is 4.79 Å². The predicted octanol–water partition coefficient (Wildman–Crippen LogP) is 2.47. The van der Waals surface area contributed by atoms with E-state index in [4.69, 9.17) is 5.26 Å². The second-order valence-electron chi connectivity index (χ2n) is 5.83. The molecule has 0 aliphatic heterocycles. The lowest BCUT2D eigenvalue weighted by Crippen LogP contribution is -2.22. The third kappa shape index (κ3) is 3.67. The molecule has 1 heterocycles. The van der Waals surface area contributed by atoms with E-state index in [-0.39, 0.29) is 5.56 Å². The van der Waals surface area contributed by atoms with Crippen LogP contribution in [0.3, 0.4) is 0 Å². The lowest BCUT2D eigenvalue weighted by atomic mass is 10.1. The molecule has 120 valence electrons. The van der Waals surface area contributed by atoms with E-state index in [1.165, 1.54) is 0 Å². The van der Waals surface area contributed by atoms with Crippen LogP contribution < -0.4 is 5.56 Å². The molecule has 3 aromatic rings. The normalized spacial score (nSPS) is 10.9. The van der Waals surface area contributed by atoms with Crippen molar-refractivity contribution in [1.29, 1.82) is 5.26 Å². The van der Waals surface area contributed by atoms with Crippen molar-refractivity contribution in [1.82, 2.24) is 14.9 Å². The van der Waals surface area contributed by atoms with Crippen LogP contribution in [0.4, 0.5) is 0 Å². The molecule has 24 heavy (non-hydrogen) atoms. The Bertz CT molecular complexity index is 938. The van der Waals surface area contributed by atoms with Crippen LogP contribution >= 0.6 is 0 Å². The van der Waals surface area contributed by atoms with Gasteiger partial charge >= 0.3 is 0 Å². The van der Waals surface area contributed by atoms with Crippen molar-refractivity contribution in [2.24, 2.45) is 0 Å². The molecule has 0 saturated carbocycles. The van der Waals surface area contributed by atoms with Gasteiger partial charge in [-0.15, -0.1) is 0 Å². The molecule has 0 fully saturated rings. The first-order valence-electron chi connectivity index (χ1n) is 7.81. The maximum Gasteiger partial charge on any atom is 0.258 e. The molecule has 5 nitrogen and oxygen atoms in total. The van der Waals surface area contributed by atoms with Crippen LogP contribution in [0.1, 0.15) is 17.0 Å². The van der Waals surface area contributed by atoms with Crippen molar-refractivity contribution < 1.29 is 0 Å². The number of aromatic nitrogens is 2. The summed E-state index contributed by atoms with van der Waals surface area (Å²) in [4.78, 5) is 21.6. The standard InChI is InChI=1S/C19H18N4O/c1-23(13-15-8-6-14(12-20)7-9-15)11-10-18-21-17-5-3-2-4-16(17)19(24)22-18/h2-9H,10-11,13H2,1H3,(H,21,22,24). The van der Waals surface area contributed by atoms with Gasteiger partial charge in [-0.1, -0.05) is 24.3 Å². The van der Waals surface area contributed by atoms with Crippen LogP contribution in [0.2, 0.25) is 0 Å². The summed E-state index contributed by atoms with van der Waals surface area (Å²) in [5, 5.41) is 9.44. The molecule has 3 rings (SSSR count). The first-order chi connectivity index (χ1) is 11.7. The number of likely N-dealkylation sites (N-methyl/N-ethyl adjacent to an activating group) is 1. The van der Waals surface area contributed by atoms with E-state index in [0.29, 0.717) is 23.2 Å². The van der Waals surface area contributed by atoms with Gasteiger partial charge in [0.2, 0.25) is 0 Å². The molecule has 0 radical (unpaired) electrons. The van der Waals surface area contributed by atoms with E-state index in [1.54, 1.807) is 6.07 Å². The van der Waals surface area contributed by atoms with E-state index in [2.05, 4.69) is 20.9 Å². The fourth-order valence-electron chi connectivity index (χ4n) is 2.63. The second kappa shape index (κ2) is 7.07. The van der Waals surface area contributed by atoms with E-state index in [9.17, 15) is 4.79 Å². The number of H-pyrrole nitrogens is 1. The molecular formula is C19H18N4O. The van der Waals surface area contributed by atoms with Crippen molar-refractivity contribution in [2.45, 2.75) is 13.0 Å². The number of nitriles is 1. The minimum absolute atomic E-state index is 0.0923. The van der Waals surface area contributed by atoms with E-state index >= 15 is 0 Å². The fraction of sp³-hybridized carbons (Fsp3) is 0.211. The first-order valence-corrected chi connectivity index (χ1v) is 7.81. The van der Waals surface area contributed by atoms with Gasteiger partial charge in [-0.2, -0.15) is 5.26 Å². The van der Waals surface area contributed by atoms with Gasteiger partial charge in [0.1, 0.15) is 5.82 Å². The summed E-state index contributed by atoms with van der Waals surface area (Å²) in [7, 11) is 2.03. The van der Waals surface area contributed by atoms with Crippen LogP contribution in [0.5, 0.6) is 0 Å². The SMILES string of the molecule is CN(CCc1nc2ccccc2c(=O)[nH]1)Cc1ccc(C#N)cc1. The van der Waals surface area contributed by atoms with Crippen molar-refractivity contribution in [2.75, 3.05) is 13.6 Å². The highest BCUT2D eigenvalue weighted by Crippen LogP contribution is 2.08. The minimum Gasteiger partial charge on any atom is -0.310 e. The maximum absolute atomic E-state index is 12.1. The van der Waals surface area contributed by atoms with Crippen molar-refractivity contribution >= 4 is 10.9 Å². The molecular weight excluding hydrogens is 300 g/mol. The predicted molar refractivity (Wildman–Crippen MR) is 93.6 cm³/mol. The summed E-state index contributed by atoms with van der Waals surface area (Å²) >= 11 is 0. The summed E-state index contributed by atoms with van der Waals surface area (Å²) < 4.78 is 0. The lowest BCUT2D eigenvalue weighted by Gasteiger charge is -2.16. The van der Waals surface area contributed by atoms with Gasteiger partial charge < -0.3 is 9.88 Å². The summed E-state index contributed by atoms with van der Waals surface area (Å²) in [6, 6.07) is 17.1. The average molecular weight is 318 g/mol. The van der Waals surface area contributed by atoms with Gasteiger partial charge in [0.05, 0.1) is 22.5 Å².